The van der Waals surface area contributed by atoms with Gasteiger partial charge in [-0.25, -0.2) is 27.8 Å². The molecule has 0 bridgehead atoms. The zero-order valence-corrected chi connectivity index (χ0v) is 55.7. The molecule has 6 aromatic rings. The minimum absolute atomic E-state index is 0.0241. The molecule has 3 aliphatic heterocycles. The lowest BCUT2D eigenvalue weighted by Gasteiger charge is -2.34. The molecule has 3 fully saturated rings. The summed E-state index contributed by atoms with van der Waals surface area (Å²) in [4.78, 5) is 73.5. The number of nitrogens with one attached hydrogen (secondary N) is 2. The number of aliphatic hydroxyl groups is 1. The van der Waals surface area contributed by atoms with Crippen LogP contribution < -0.4 is 14.8 Å². The number of pyridine rings is 1. The van der Waals surface area contributed by atoms with Crippen LogP contribution in [0.2, 0.25) is 0 Å². The van der Waals surface area contributed by atoms with Crippen LogP contribution in [0.3, 0.4) is 0 Å². The predicted molar refractivity (Wildman–Crippen MR) is 349 cm³/mol. The quantitative estimate of drug-likeness (QED) is 0.0122. The number of piperazine rings is 1. The number of Topliss-reactive ketones (excluding diaryl/α,β-unsaturated/α-hetero) is 1. The lowest BCUT2D eigenvalue weighted by Crippen LogP contribution is -2.47. The second-order valence-corrected chi connectivity index (χ2v) is 23.6. The van der Waals surface area contributed by atoms with E-state index in [9.17, 15) is 42.7 Å². The van der Waals surface area contributed by atoms with Crippen LogP contribution in [0.5, 0.6) is 11.5 Å². The van der Waals surface area contributed by atoms with E-state index in [1.807, 2.05) is 30.3 Å². The lowest BCUT2D eigenvalue weighted by molar-refractivity contribution is -0.136. The number of unbranched alkanes of at least 4 members (excludes halogenated alkanes) is 1. The average molecular weight is 1390 g/mol. The van der Waals surface area contributed by atoms with E-state index in [0.29, 0.717) is 153 Å². The van der Waals surface area contributed by atoms with Crippen molar-refractivity contribution in [1.82, 2.24) is 64.6 Å². The third kappa shape index (κ3) is 22.9. The number of aromatic amines is 1. The number of H-pyrrole nitrogens is 1. The molecule has 4 aromatic heterocycles. The third-order valence-electron chi connectivity index (χ3n) is 16.8. The summed E-state index contributed by atoms with van der Waals surface area (Å²) >= 11 is 0. The first-order valence-electron chi connectivity index (χ1n) is 33.3. The number of carbonyl (C=O) groups is 4. The monoisotopic (exact) mass is 1380 g/mol. The molecule has 2 amide bonds. The van der Waals surface area contributed by atoms with E-state index in [-0.39, 0.29) is 81.0 Å². The molecule has 9 rings (SSSR count). The van der Waals surface area contributed by atoms with E-state index >= 15 is 0 Å². The van der Waals surface area contributed by atoms with Gasteiger partial charge in [-0.3, -0.25) is 29.0 Å². The van der Waals surface area contributed by atoms with Gasteiger partial charge in [0.2, 0.25) is 11.6 Å². The van der Waals surface area contributed by atoms with Crippen LogP contribution in [-0.2, 0) is 60.6 Å². The number of benzene rings is 2. The van der Waals surface area contributed by atoms with Crippen molar-refractivity contribution in [3.8, 4) is 23.4 Å². The van der Waals surface area contributed by atoms with Crippen LogP contribution in [0.15, 0.2) is 73.0 Å². The molecule has 2 unspecified atom stereocenters. The van der Waals surface area contributed by atoms with Crippen molar-refractivity contribution >= 4 is 40.0 Å². The van der Waals surface area contributed by atoms with E-state index in [1.54, 1.807) is 10.9 Å². The first kappa shape index (κ1) is 75.0. The van der Waals surface area contributed by atoms with Crippen molar-refractivity contribution in [2.24, 2.45) is 0 Å². The van der Waals surface area contributed by atoms with Crippen LogP contribution in [0, 0.1) is 28.8 Å². The van der Waals surface area contributed by atoms with E-state index in [4.69, 9.17) is 42.6 Å². The van der Waals surface area contributed by atoms with Gasteiger partial charge >= 0.3 is 5.97 Å². The average Bonchev–Trinajstić information content (AvgIpc) is 1.63. The van der Waals surface area contributed by atoms with E-state index in [2.05, 4.69) is 61.2 Å². The summed E-state index contributed by atoms with van der Waals surface area (Å²) in [5, 5.41) is 36.3. The van der Waals surface area contributed by atoms with Crippen molar-refractivity contribution in [1.29, 1.82) is 5.26 Å². The maximum absolute atomic E-state index is 13.9. The smallest absolute Gasteiger partial charge is 0.313 e. The fourth-order valence-corrected chi connectivity index (χ4v) is 11.6. The zero-order chi connectivity index (χ0) is 69.6. The molecule has 0 aliphatic carbocycles. The highest BCUT2D eigenvalue weighted by molar-refractivity contribution is 6.45. The first-order valence-corrected chi connectivity index (χ1v) is 33.3. The lowest BCUT2D eigenvalue weighted by atomic mass is 9.93. The second kappa shape index (κ2) is 40.2. The number of hydrogen-bond donors (Lipinski definition) is 3. The Hall–Kier alpha value is -8.17. The largest absolute Gasteiger partial charge is 0.494 e. The van der Waals surface area contributed by atoms with Crippen LogP contribution in [0.1, 0.15) is 70.8 Å². The van der Waals surface area contributed by atoms with E-state index in [1.165, 1.54) is 35.4 Å². The molecule has 536 valence electrons. The molecule has 99 heavy (non-hydrogen) atoms. The van der Waals surface area contributed by atoms with Crippen molar-refractivity contribution in [2.75, 3.05) is 178 Å². The molecular weight excluding hydrogens is 1300 g/mol. The highest BCUT2D eigenvalue weighted by Gasteiger charge is 2.34. The second-order valence-electron chi connectivity index (χ2n) is 23.6. The number of aromatic nitrogens is 8. The van der Waals surface area contributed by atoms with Crippen LogP contribution in [-0.4, -0.2) is 278 Å². The number of likely N-dealkylation sites (tertiary alicyclic amines) is 2. The Kier molecular flexibility index (Phi) is 30.5. The predicted octanol–water partition coefficient (Wildman–Crippen LogP) is 3.83. The fourth-order valence-electron chi connectivity index (χ4n) is 11.6. The number of piperidine rings is 1. The van der Waals surface area contributed by atoms with Gasteiger partial charge in [-0.05, 0) is 56.3 Å². The number of hydrogen-bond acceptors (Lipinski definition) is 24. The molecule has 7 heterocycles. The number of ketones is 1. The number of amides is 2. The topological polar surface area (TPSA) is 320 Å². The van der Waals surface area contributed by atoms with Gasteiger partial charge in [-0.2, -0.15) is 9.94 Å². The number of aliphatic hydroxyl groups excluding tert-OH is 1. The van der Waals surface area contributed by atoms with Gasteiger partial charge in [-0.1, -0.05) is 35.5 Å². The molecule has 0 spiro atoms. The Balaban J connectivity index is 0.539. The molecular formula is C67H87F3N14O15. The summed E-state index contributed by atoms with van der Waals surface area (Å²) in [6.45, 7) is 14.0. The summed E-state index contributed by atoms with van der Waals surface area (Å²) in [6.07, 6.45) is 9.25. The molecule has 0 saturated carbocycles. The van der Waals surface area contributed by atoms with Gasteiger partial charge in [0.05, 0.1) is 173 Å². The van der Waals surface area contributed by atoms with Gasteiger partial charge in [-0.15, -0.1) is 10.2 Å². The fraction of sp³-hybridized carbons (Fsp3) is 0.552. The Labute approximate surface area is 571 Å². The standard InChI is InChI=1S/C67H87F3N14O15/c1-90-58-42-73-65(61-60(58)55(41-72-61)62(87)67(89)81-14-9-49(10-15-81)54(40-71)48-7-3-2-4-8-48)84-47-74-64(77-84)66(88)75-51-39-53(45-85)82(43-51)13-6-5-12-79-16-18-80(19-17-79)20-23-92-26-29-95-33-34-97-35-36-98-46-52-44-83(78-76-52)21-24-93-27-30-96-32-31-94-28-25-91-22-11-59(86)99-63-56(69)37-50(68)38-57(63)70/h2-4,7-8,37-38,41-42,44,47,51,53,72,85H,5-6,9-36,39,43,45-46H2,1H3,(H,75,88). The highest BCUT2D eigenvalue weighted by Crippen LogP contribution is 2.33. The summed E-state index contributed by atoms with van der Waals surface area (Å²) in [5.41, 5.74) is 3.51. The normalized spacial score (nSPS) is 16.2. The number of nitriles is 1. The maximum atomic E-state index is 13.9. The minimum atomic E-state index is -1.31. The SMILES string of the molecule is COc1cnc(-n2cnc(C(=O)NC3CC(CO)N(CCCCN4CCN(CCOCCOCCOCCOCc5cn(CCOCCOCCOCCOCCC(=O)Oc6c(F)cc(F)cc6F)nn5)CC4)C3)n2)c2[nH]cc(C(=O)C(=O)N3CCC(=C(C#N)c4ccccc4)CC3)c12. The van der Waals surface area contributed by atoms with Crippen molar-refractivity contribution < 1.29 is 84.8 Å². The summed E-state index contributed by atoms with van der Waals surface area (Å²) in [7, 11) is 1.44. The molecule has 3 N–H and O–H groups in total. The number of rotatable bonds is 43. The van der Waals surface area contributed by atoms with Gasteiger partial charge < -0.3 is 72.6 Å². The van der Waals surface area contributed by atoms with Crippen LogP contribution >= 0.6 is 0 Å². The number of ether oxygens (including phenoxy) is 10. The third-order valence-corrected chi connectivity index (χ3v) is 16.8. The Morgan fingerprint density at radius 3 is 1.98 bits per heavy atom. The summed E-state index contributed by atoms with van der Waals surface area (Å²) in [6, 6.07) is 12.3. The number of halogens is 3. The molecule has 32 heteroatoms. The first-order chi connectivity index (χ1) is 48.4. The molecule has 29 nitrogen and oxygen atoms in total. The van der Waals surface area contributed by atoms with Gasteiger partial charge in [0.15, 0.2) is 17.5 Å². The number of nitrogens with zero attached hydrogens (tertiary/aromatic N) is 12. The maximum Gasteiger partial charge on any atom is 0.313 e. The van der Waals surface area contributed by atoms with Crippen molar-refractivity contribution in [2.45, 2.75) is 63.8 Å². The van der Waals surface area contributed by atoms with Crippen LogP contribution in [0.25, 0.3) is 22.3 Å². The minimum Gasteiger partial charge on any atom is -0.494 e. The number of esters is 1. The Morgan fingerprint density at radius 1 is 0.737 bits per heavy atom. The number of fused-ring (bicyclic) bond motifs is 1. The van der Waals surface area contributed by atoms with E-state index in [0.717, 1.165) is 69.8 Å². The number of allylic oxidation sites excluding steroid dienone is 1. The summed E-state index contributed by atoms with van der Waals surface area (Å²) < 4.78 is 98.0. The summed E-state index contributed by atoms with van der Waals surface area (Å²) in [5.74, 6) is -7.07. The Bertz CT molecular complexity index is 3570. The number of methoxy groups -OCH3 is 1. The van der Waals surface area contributed by atoms with Gasteiger partial charge in [0.1, 0.15) is 23.6 Å². The molecule has 0 radical (unpaired) electrons. The van der Waals surface area contributed by atoms with Crippen LogP contribution in [0.4, 0.5) is 13.2 Å². The van der Waals surface area contributed by atoms with Crippen molar-refractivity contribution in [3.63, 3.8) is 0 Å². The van der Waals surface area contributed by atoms with Crippen molar-refractivity contribution in [3.05, 3.63) is 113 Å². The number of carbonyl (C=O) groups excluding carboxylic acids is 4. The zero-order valence-electron chi connectivity index (χ0n) is 55.7. The molecule has 2 aromatic carbocycles. The molecule has 3 aliphatic rings. The van der Waals surface area contributed by atoms with Gasteiger partial charge in [0, 0.05) is 82.8 Å². The Morgan fingerprint density at radius 2 is 1.34 bits per heavy atom. The highest BCUT2D eigenvalue weighted by atomic mass is 19.1. The molecule has 2 atom stereocenters. The van der Waals surface area contributed by atoms with Gasteiger partial charge in [0.25, 0.3) is 17.6 Å². The van der Waals surface area contributed by atoms with E-state index < -0.39 is 46.8 Å². The molecule has 3 saturated heterocycles.